The number of hydrogen-bond donors (Lipinski definition) is 1. The van der Waals surface area contributed by atoms with Gasteiger partial charge in [0.05, 0.1) is 5.41 Å². The van der Waals surface area contributed by atoms with Crippen LogP contribution in [0.3, 0.4) is 0 Å². The summed E-state index contributed by atoms with van der Waals surface area (Å²) in [5, 5.41) is 3.90. The molecule has 1 aliphatic carbocycles. The number of carbonyl (C=O) groups is 1. The average molecular weight is 383 g/mol. The second kappa shape index (κ2) is 8.71. The number of nitrogens with one attached hydrogen (secondary N) is 1. The van der Waals surface area contributed by atoms with Gasteiger partial charge in [-0.1, -0.05) is 49.2 Å². The molecule has 1 aromatic heterocycles. The summed E-state index contributed by atoms with van der Waals surface area (Å²) in [7, 11) is 0. The lowest BCUT2D eigenvalue weighted by molar-refractivity contribution is -0.133. The second-order valence-electron chi connectivity index (χ2n) is 7.72. The number of nitrogens with zero attached hydrogens (tertiary/aromatic N) is 1. The maximum Gasteiger partial charge on any atom is 0.226 e. The normalized spacial score (nSPS) is 24.0. The van der Waals surface area contributed by atoms with Crippen molar-refractivity contribution in [2.45, 2.75) is 46.1 Å². The summed E-state index contributed by atoms with van der Waals surface area (Å²) in [5.41, 5.74) is 3.23. The van der Waals surface area contributed by atoms with Gasteiger partial charge in [-0.05, 0) is 67.0 Å². The molecule has 1 aliphatic rings. The molecule has 0 radical (unpaired) electrons. The summed E-state index contributed by atoms with van der Waals surface area (Å²) in [5.74, 6) is 0.652. The lowest BCUT2D eigenvalue weighted by atomic mass is 9.66. The van der Waals surface area contributed by atoms with Crippen LogP contribution in [0.5, 0.6) is 0 Å². The Bertz CT molecular complexity index is 801. The molecule has 2 unspecified atom stereocenters. The summed E-state index contributed by atoms with van der Waals surface area (Å²) in [6.07, 6.45) is 9.38. The number of halogens is 1. The number of allylic oxidation sites excluding steroid dienone is 1. The Balaban J connectivity index is 1.76. The van der Waals surface area contributed by atoms with Gasteiger partial charge in [0, 0.05) is 24.0 Å². The average Bonchev–Trinajstić information content (AvgIpc) is 2.68. The number of carbonyl (C=O) groups excluding carboxylic acids is 1. The van der Waals surface area contributed by atoms with Crippen molar-refractivity contribution in [2.24, 2.45) is 11.3 Å². The van der Waals surface area contributed by atoms with E-state index in [-0.39, 0.29) is 11.3 Å². The van der Waals surface area contributed by atoms with Crippen LogP contribution in [0.25, 0.3) is 6.08 Å². The van der Waals surface area contributed by atoms with Crippen LogP contribution >= 0.6 is 11.6 Å². The molecule has 2 aromatic rings. The number of hydrogen-bond acceptors (Lipinski definition) is 2. The van der Waals surface area contributed by atoms with Crippen molar-refractivity contribution < 1.29 is 4.79 Å². The van der Waals surface area contributed by atoms with E-state index in [0.717, 1.165) is 41.8 Å². The highest BCUT2D eigenvalue weighted by Crippen LogP contribution is 2.45. The molecule has 1 N–H and O–H groups in total. The maximum atomic E-state index is 13.1. The predicted molar refractivity (Wildman–Crippen MR) is 111 cm³/mol. The van der Waals surface area contributed by atoms with Gasteiger partial charge in [-0.2, -0.15) is 0 Å². The highest BCUT2D eigenvalue weighted by molar-refractivity contribution is 6.30. The van der Waals surface area contributed by atoms with E-state index in [0.29, 0.717) is 12.5 Å². The molecule has 0 spiro atoms. The van der Waals surface area contributed by atoms with E-state index in [1.165, 1.54) is 5.57 Å². The molecule has 1 fully saturated rings. The molecule has 1 amide bonds. The van der Waals surface area contributed by atoms with Crippen LogP contribution in [0, 0.1) is 11.3 Å². The molecule has 0 saturated heterocycles. The van der Waals surface area contributed by atoms with Gasteiger partial charge in [-0.3, -0.25) is 9.78 Å². The van der Waals surface area contributed by atoms with Crippen molar-refractivity contribution in [1.82, 2.24) is 10.3 Å². The topological polar surface area (TPSA) is 42.0 Å². The fourth-order valence-electron chi connectivity index (χ4n) is 4.14. The number of rotatable bonds is 5. The van der Waals surface area contributed by atoms with Crippen LogP contribution in [0.15, 0.2) is 54.4 Å². The third-order valence-electron chi connectivity index (χ3n) is 5.52. The van der Waals surface area contributed by atoms with Crippen LogP contribution in [0.4, 0.5) is 0 Å². The Morgan fingerprint density at radius 2 is 1.96 bits per heavy atom. The molecule has 0 bridgehead atoms. The van der Waals surface area contributed by atoms with Crippen LogP contribution in [0.1, 0.15) is 50.7 Å². The van der Waals surface area contributed by atoms with Crippen molar-refractivity contribution in [3.05, 3.63) is 70.5 Å². The molecule has 4 heteroatoms. The fourth-order valence-corrected chi connectivity index (χ4v) is 4.27. The highest BCUT2D eigenvalue weighted by atomic mass is 35.5. The van der Waals surface area contributed by atoms with Crippen molar-refractivity contribution in [3.63, 3.8) is 0 Å². The van der Waals surface area contributed by atoms with Gasteiger partial charge in [0.2, 0.25) is 5.91 Å². The number of amides is 1. The van der Waals surface area contributed by atoms with Gasteiger partial charge < -0.3 is 5.32 Å². The minimum absolute atomic E-state index is 0.162. The van der Waals surface area contributed by atoms with E-state index in [2.05, 4.69) is 30.2 Å². The zero-order chi connectivity index (χ0) is 19.3. The van der Waals surface area contributed by atoms with Gasteiger partial charge in [-0.25, -0.2) is 0 Å². The lowest BCUT2D eigenvalue weighted by Gasteiger charge is -2.39. The summed E-state index contributed by atoms with van der Waals surface area (Å²) < 4.78 is 0. The van der Waals surface area contributed by atoms with Crippen molar-refractivity contribution in [3.8, 4) is 0 Å². The van der Waals surface area contributed by atoms with E-state index < -0.39 is 0 Å². The summed E-state index contributed by atoms with van der Waals surface area (Å²) in [6, 6.07) is 11.8. The summed E-state index contributed by atoms with van der Waals surface area (Å²) >= 11 is 5.99. The van der Waals surface area contributed by atoms with Crippen LogP contribution in [-0.2, 0) is 11.3 Å². The van der Waals surface area contributed by atoms with Crippen LogP contribution in [0.2, 0.25) is 5.02 Å². The number of pyridine rings is 1. The highest BCUT2D eigenvalue weighted by Gasteiger charge is 2.41. The second-order valence-corrected chi connectivity index (χ2v) is 8.15. The third kappa shape index (κ3) is 4.98. The first-order valence-corrected chi connectivity index (χ1v) is 10.0. The van der Waals surface area contributed by atoms with Gasteiger partial charge in [0.25, 0.3) is 0 Å². The summed E-state index contributed by atoms with van der Waals surface area (Å²) in [4.78, 5) is 17.2. The number of benzene rings is 1. The monoisotopic (exact) mass is 382 g/mol. The van der Waals surface area contributed by atoms with Crippen molar-refractivity contribution in [1.29, 1.82) is 0 Å². The molecule has 2 atom stereocenters. The van der Waals surface area contributed by atoms with Gasteiger partial charge in [-0.15, -0.1) is 0 Å². The SMILES string of the molecule is CCC1(C(=O)NCc2ccncc2)C/C(=C/c2ccc(Cl)cc2)CC(C)C1. The molecule has 1 saturated carbocycles. The Labute approximate surface area is 166 Å². The minimum Gasteiger partial charge on any atom is -0.352 e. The molecule has 3 rings (SSSR count). The number of aromatic nitrogens is 1. The van der Waals surface area contributed by atoms with E-state index in [4.69, 9.17) is 11.6 Å². The first-order chi connectivity index (χ1) is 13.0. The molecule has 142 valence electrons. The molecule has 0 aliphatic heterocycles. The van der Waals surface area contributed by atoms with Gasteiger partial charge in [0.1, 0.15) is 0 Å². The maximum absolute atomic E-state index is 13.1. The van der Waals surface area contributed by atoms with Gasteiger partial charge >= 0.3 is 0 Å². The molecule has 27 heavy (non-hydrogen) atoms. The van der Waals surface area contributed by atoms with Gasteiger partial charge in [0.15, 0.2) is 0 Å². The van der Waals surface area contributed by atoms with E-state index in [9.17, 15) is 4.79 Å². The molecular weight excluding hydrogens is 356 g/mol. The van der Waals surface area contributed by atoms with Crippen molar-refractivity contribution >= 4 is 23.6 Å². The quantitative estimate of drug-likeness (QED) is 0.725. The van der Waals surface area contributed by atoms with Crippen LogP contribution in [-0.4, -0.2) is 10.9 Å². The minimum atomic E-state index is -0.330. The third-order valence-corrected chi connectivity index (χ3v) is 5.77. The smallest absolute Gasteiger partial charge is 0.226 e. The predicted octanol–water partition coefficient (Wildman–Crippen LogP) is 5.65. The molecular formula is C23H27ClN2O. The zero-order valence-electron chi connectivity index (χ0n) is 16.0. The fraction of sp³-hybridized carbons (Fsp3) is 0.391. The standard InChI is InChI=1S/C23H27ClN2O/c1-3-23(22(27)26-16-19-8-10-25-11-9-19)14-17(2)12-20(15-23)13-18-4-6-21(24)7-5-18/h4-11,13,17H,3,12,14-16H2,1-2H3,(H,26,27)/b20-13+. The molecule has 3 nitrogen and oxygen atoms in total. The van der Waals surface area contributed by atoms with E-state index >= 15 is 0 Å². The first-order valence-electron chi connectivity index (χ1n) is 9.63. The Kier molecular flexibility index (Phi) is 6.33. The Morgan fingerprint density at radius 3 is 2.63 bits per heavy atom. The summed E-state index contributed by atoms with van der Waals surface area (Å²) in [6.45, 7) is 4.92. The Hall–Kier alpha value is -2.13. The van der Waals surface area contributed by atoms with Crippen molar-refractivity contribution in [2.75, 3.05) is 0 Å². The van der Waals surface area contributed by atoms with E-state index in [1.807, 2.05) is 36.4 Å². The van der Waals surface area contributed by atoms with E-state index in [1.54, 1.807) is 12.4 Å². The zero-order valence-corrected chi connectivity index (χ0v) is 16.8. The molecule has 1 heterocycles. The first kappa shape index (κ1) is 19.6. The lowest BCUT2D eigenvalue weighted by Crippen LogP contribution is -2.43. The molecule has 1 aromatic carbocycles. The largest absolute Gasteiger partial charge is 0.352 e. The Morgan fingerprint density at radius 1 is 1.26 bits per heavy atom. The van der Waals surface area contributed by atoms with Crippen LogP contribution < -0.4 is 5.32 Å².